The first-order valence-electron chi connectivity index (χ1n) is 9.45. The van der Waals surface area contributed by atoms with E-state index in [0.717, 1.165) is 6.42 Å². The third kappa shape index (κ3) is 7.32. The Bertz CT molecular complexity index is 921. The van der Waals surface area contributed by atoms with E-state index in [4.69, 9.17) is 25.8 Å². The van der Waals surface area contributed by atoms with Crippen molar-refractivity contribution >= 4 is 23.6 Å². The van der Waals surface area contributed by atoms with Crippen LogP contribution in [0.1, 0.15) is 24.5 Å². The molecule has 0 atom stereocenters. The molecule has 0 spiro atoms. The van der Waals surface area contributed by atoms with E-state index >= 15 is 0 Å². The highest BCUT2D eigenvalue weighted by atomic mass is 35.5. The van der Waals surface area contributed by atoms with Crippen molar-refractivity contribution in [3.63, 3.8) is 0 Å². The molecule has 0 heterocycles. The van der Waals surface area contributed by atoms with E-state index in [-0.39, 0.29) is 24.0 Å². The smallest absolute Gasteiger partial charge is 0.387 e. The molecule has 0 aromatic heterocycles. The quantitative estimate of drug-likeness (QED) is 0.479. The fraction of sp³-hybridized carbons (Fsp3) is 0.318. The van der Waals surface area contributed by atoms with Gasteiger partial charge in [0.15, 0.2) is 23.0 Å². The molecule has 1 N–H and O–H groups in total. The summed E-state index contributed by atoms with van der Waals surface area (Å²) in [7, 11) is 2.85. The number of carbonyl (C=O) groups is 1. The first-order chi connectivity index (χ1) is 14.9. The van der Waals surface area contributed by atoms with E-state index < -0.39 is 6.61 Å². The van der Waals surface area contributed by atoms with Gasteiger partial charge in [-0.1, -0.05) is 24.6 Å². The minimum absolute atomic E-state index is 0.0790. The summed E-state index contributed by atoms with van der Waals surface area (Å²) in [5, 5.41) is 3.08. The maximum absolute atomic E-state index is 12.4. The molecule has 0 saturated carbocycles. The number of halogens is 3. The molecular formula is C22H24ClF2NO5. The Morgan fingerprint density at radius 1 is 1.13 bits per heavy atom. The van der Waals surface area contributed by atoms with Crippen LogP contribution in [0, 0.1) is 0 Å². The normalized spacial score (nSPS) is 10.9. The Hall–Kier alpha value is -3.00. The number of alkyl halides is 2. The lowest BCUT2D eigenvalue weighted by Crippen LogP contribution is -2.20. The topological polar surface area (TPSA) is 66.0 Å². The minimum Gasteiger partial charge on any atom is -0.493 e. The molecular weight excluding hydrogens is 432 g/mol. The van der Waals surface area contributed by atoms with E-state index in [1.165, 1.54) is 32.4 Å². The fourth-order valence-corrected chi connectivity index (χ4v) is 2.89. The van der Waals surface area contributed by atoms with Gasteiger partial charge < -0.3 is 24.3 Å². The average molecular weight is 456 g/mol. The summed E-state index contributed by atoms with van der Waals surface area (Å²) in [6.45, 7) is -0.294. The lowest BCUT2D eigenvalue weighted by Gasteiger charge is -2.12. The predicted octanol–water partition coefficient (Wildman–Crippen LogP) is 5.08. The van der Waals surface area contributed by atoms with Crippen molar-refractivity contribution in [3.8, 4) is 23.0 Å². The van der Waals surface area contributed by atoms with Crippen LogP contribution >= 0.6 is 11.6 Å². The highest BCUT2D eigenvalue weighted by molar-refractivity contribution is 6.32. The van der Waals surface area contributed by atoms with Crippen molar-refractivity contribution in [1.82, 2.24) is 5.32 Å². The zero-order valence-corrected chi connectivity index (χ0v) is 18.2. The average Bonchev–Trinajstić information content (AvgIpc) is 2.75. The second-order valence-electron chi connectivity index (χ2n) is 6.30. The van der Waals surface area contributed by atoms with Gasteiger partial charge in [0.25, 0.3) is 0 Å². The number of amides is 1. The summed E-state index contributed by atoms with van der Waals surface area (Å²) in [6, 6.07) is 7.82. The molecule has 0 bridgehead atoms. The van der Waals surface area contributed by atoms with Crippen molar-refractivity contribution in [1.29, 1.82) is 0 Å². The van der Waals surface area contributed by atoms with Gasteiger partial charge in [0.2, 0.25) is 5.91 Å². The maximum atomic E-state index is 12.4. The minimum atomic E-state index is -2.95. The number of benzene rings is 2. The second kappa shape index (κ2) is 12.0. The molecule has 0 aliphatic carbocycles. The van der Waals surface area contributed by atoms with Crippen molar-refractivity contribution < 1.29 is 32.5 Å². The van der Waals surface area contributed by atoms with Gasteiger partial charge in [-0.15, -0.1) is 0 Å². The lowest BCUT2D eigenvalue weighted by molar-refractivity contribution is -0.116. The Morgan fingerprint density at radius 3 is 2.52 bits per heavy atom. The van der Waals surface area contributed by atoms with Crippen LogP contribution in [-0.2, 0) is 11.3 Å². The number of hydrogen-bond donors (Lipinski definition) is 1. The molecule has 31 heavy (non-hydrogen) atoms. The number of carbonyl (C=O) groups excluding carboxylic acids is 1. The molecule has 9 heteroatoms. The number of nitrogens with one attached hydrogen (secondary N) is 1. The van der Waals surface area contributed by atoms with Gasteiger partial charge >= 0.3 is 6.61 Å². The lowest BCUT2D eigenvalue weighted by atomic mass is 10.1. The number of ether oxygens (including phenoxy) is 4. The summed E-state index contributed by atoms with van der Waals surface area (Å²) >= 11 is 6.27. The molecule has 1 amide bonds. The Balaban J connectivity index is 2.02. The van der Waals surface area contributed by atoms with E-state index in [1.54, 1.807) is 24.3 Å². The largest absolute Gasteiger partial charge is 0.493 e. The summed E-state index contributed by atoms with van der Waals surface area (Å²) in [6.07, 6.45) is 3.77. The van der Waals surface area contributed by atoms with Crippen molar-refractivity contribution in [3.05, 3.63) is 52.6 Å². The number of rotatable bonds is 11. The van der Waals surface area contributed by atoms with Crippen molar-refractivity contribution in [2.24, 2.45) is 0 Å². The van der Waals surface area contributed by atoms with Gasteiger partial charge in [-0.3, -0.25) is 4.79 Å². The first-order valence-corrected chi connectivity index (χ1v) is 9.83. The molecule has 0 aliphatic rings. The first kappa shape index (κ1) is 24.3. The van der Waals surface area contributed by atoms with Gasteiger partial charge in [-0.05, 0) is 47.9 Å². The summed E-state index contributed by atoms with van der Waals surface area (Å²) in [4.78, 5) is 12.2. The van der Waals surface area contributed by atoms with E-state index in [1.807, 2.05) is 6.92 Å². The number of methoxy groups -OCH3 is 2. The van der Waals surface area contributed by atoms with E-state index in [9.17, 15) is 13.6 Å². The highest BCUT2D eigenvalue weighted by Gasteiger charge is 2.12. The van der Waals surface area contributed by atoms with Crippen LogP contribution in [0.4, 0.5) is 8.78 Å². The fourth-order valence-electron chi connectivity index (χ4n) is 2.62. The van der Waals surface area contributed by atoms with Crippen LogP contribution in [0.2, 0.25) is 5.02 Å². The molecule has 6 nitrogen and oxygen atoms in total. The molecule has 168 valence electrons. The van der Waals surface area contributed by atoms with Gasteiger partial charge in [0.05, 0.1) is 25.8 Å². The van der Waals surface area contributed by atoms with E-state index in [2.05, 4.69) is 10.1 Å². The molecule has 2 rings (SSSR count). The molecule has 2 aromatic carbocycles. The van der Waals surface area contributed by atoms with Crippen LogP contribution in [0.3, 0.4) is 0 Å². The SMILES string of the molecule is CCCOc1c(Cl)cc(/C=C/C(=O)NCc2ccc(OC(F)F)c(OC)c2)cc1OC. The third-order valence-corrected chi connectivity index (χ3v) is 4.32. The Kier molecular flexibility index (Phi) is 9.40. The van der Waals surface area contributed by atoms with Crippen LogP contribution in [-0.4, -0.2) is 33.3 Å². The summed E-state index contributed by atoms with van der Waals surface area (Å²) < 4.78 is 45.1. The van der Waals surface area contributed by atoms with Gasteiger partial charge in [-0.2, -0.15) is 8.78 Å². The van der Waals surface area contributed by atoms with E-state index in [0.29, 0.717) is 34.3 Å². The van der Waals surface area contributed by atoms with Gasteiger partial charge in [0, 0.05) is 12.6 Å². The summed E-state index contributed by atoms with van der Waals surface area (Å²) in [5.74, 6) is 0.646. The molecule has 2 aromatic rings. The number of hydrogen-bond acceptors (Lipinski definition) is 5. The van der Waals surface area contributed by atoms with Gasteiger partial charge in [0.1, 0.15) is 0 Å². The van der Waals surface area contributed by atoms with Crippen LogP contribution < -0.4 is 24.3 Å². The van der Waals surface area contributed by atoms with Crippen molar-refractivity contribution in [2.75, 3.05) is 20.8 Å². The standard InChI is InChI=1S/C22H24ClF2NO5/c1-4-9-30-21-16(23)10-14(11-19(21)29-3)6-8-20(27)26-13-15-5-7-17(31-22(24)25)18(12-15)28-2/h5-8,10-12,22H,4,9,13H2,1-3H3,(H,26,27)/b8-6+. The Labute approximate surface area is 184 Å². The van der Waals surface area contributed by atoms with Crippen LogP contribution in [0.15, 0.2) is 36.4 Å². The Morgan fingerprint density at radius 2 is 1.87 bits per heavy atom. The molecule has 0 fully saturated rings. The van der Waals surface area contributed by atoms with Crippen LogP contribution in [0.5, 0.6) is 23.0 Å². The second-order valence-corrected chi connectivity index (χ2v) is 6.70. The van der Waals surface area contributed by atoms with Gasteiger partial charge in [-0.25, -0.2) is 0 Å². The maximum Gasteiger partial charge on any atom is 0.387 e. The highest BCUT2D eigenvalue weighted by Crippen LogP contribution is 2.37. The molecule has 0 radical (unpaired) electrons. The zero-order chi connectivity index (χ0) is 22.8. The zero-order valence-electron chi connectivity index (χ0n) is 17.4. The predicted molar refractivity (Wildman–Crippen MR) is 114 cm³/mol. The third-order valence-electron chi connectivity index (χ3n) is 4.04. The monoisotopic (exact) mass is 455 g/mol. The van der Waals surface area contributed by atoms with Crippen molar-refractivity contribution in [2.45, 2.75) is 26.5 Å². The summed E-state index contributed by atoms with van der Waals surface area (Å²) in [5.41, 5.74) is 1.32. The molecule has 0 unspecified atom stereocenters. The van der Waals surface area contributed by atoms with Crippen LogP contribution in [0.25, 0.3) is 6.08 Å². The molecule has 0 aliphatic heterocycles. The molecule has 0 saturated heterocycles.